The predicted molar refractivity (Wildman–Crippen MR) is 46.2 cm³/mol. The Morgan fingerprint density at radius 2 is 2.00 bits per heavy atom. The van der Waals surface area contributed by atoms with Gasteiger partial charge in [0.15, 0.2) is 0 Å². The third kappa shape index (κ3) is 7.92. The average molecular weight is 143 g/mol. The highest BCUT2D eigenvalue weighted by atomic mass is 28.3. The summed E-state index contributed by atoms with van der Waals surface area (Å²) < 4.78 is 0. The summed E-state index contributed by atoms with van der Waals surface area (Å²) in [6.07, 6.45) is 3.04. The maximum Gasteiger partial charge on any atom is 0.116 e. The van der Waals surface area contributed by atoms with Crippen molar-refractivity contribution in [3.63, 3.8) is 0 Å². The van der Waals surface area contributed by atoms with Gasteiger partial charge in [0.2, 0.25) is 0 Å². The predicted octanol–water partition coefficient (Wildman–Crippen LogP) is 1.99. The topological polar surface area (TPSA) is 12.0 Å². The van der Waals surface area contributed by atoms with Crippen LogP contribution in [0.5, 0.6) is 0 Å². The Labute approximate surface area is 59.3 Å². The summed E-state index contributed by atoms with van der Waals surface area (Å²) in [5.74, 6) is 0. The van der Waals surface area contributed by atoms with Crippen molar-refractivity contribution < 1.29 is 0 Å². The number of rotatable bonds is 4. The standard InChI is InChI=1S/C7H17NSi/c1-5-6-7-8-9(2,3)4/h5,8H,1,6-7H2,2-4H3. The van der Waals surface area contributed by atoms with Crippen molar-refractivity contribution in [2.45, 2.75) is 26.1 Å². The van der Waals surface area contributed by atoms with E-state index >= 15 is 0 Å². The summed E-state index contributed by atoms with van der Waals surface area (Å²) in [5.41, 5.74) is 0. The van der Waals surface area contributed by atoms with E-state index in [-0.39, 0.29) is 0 Å². The van der Waals surface area contributed by atoms with Crippen LogP contribution in [0.1, 0.15) is 6.42 Å². The molecule has 0 aliphatic rings. The molecule has 0 spiro atoms. The fourth-order valence-corrected chi connectivity index (χ4v) is 1.44. The van der Waals surface area contributed by atoms with E-state index in [2.05, 4.69) is 31.2 Å². The van der Waals surface area contributed by atoms with Crippen LogP contribution in [0.25, 0.3) is 0 Å². The number of nitrogens with one attached hydrogen (secondary N) is 1. The Morgan fingerprint density at radius 3 is 2.33 bits per heavy atom. The van der Waals surface area contributed by atoms with E-state index in [1.807, 2.05) is 6.08 Å². The van der Waals surface area contributed by atoms with Crippen LogP contribution in [-0.4, -0.2) is 14.8 Å². The van der Waals surface area contributed by atoms with Gasteiger partial charge in [0, 0.05) is 0 Å². The lowest BCUT2D eigenvalue weighted by molar-refractivity contribution is 0.891. The maximum absolute atomic E-state index is 3.66. The monoisotopic (exact) mass is 143 g/mol. The van der Waals surface area contributed by atoms with Crippen molar-refractivity contribution in [1.82, 2.24) is 4.98 Å². The van der Waals surface area contributed by atoms with Gasteiger partial charge in [-0.15, -0.1) is 6.58 Å². The molecule has 0 aliphatic heterocycles. The molecule has 0 aromatic carbocycles. The summed E-state index contributed by atoms with van der Waals surface area (Å²) in [6.45, 7) is 11.7. The van der Waals surface area contributed by atoms with Gasteiger partial charge < -0.3 is 4.98 Å². The summed E-state index contributed by atoms with van der Waals surface area (Å²) in [5, 5.41) is 0. The molecule has 0 atom stereocenters. The molecular formula is C7H17NSi. The SMILES string of the molecule is C=CCCN[Si](C)(C)C. The minimum absolute atomic E-state index is 0.992. The van der Waals surface area contributed by atoms with E-state index in [9.17, 15) is 0 Å². The van der Waals surface area contributed by atoms with Crippen molar-refractivity contribution in [3.8, 4) is 0 Å². The first-order valence-electron chi connectivity index (χ1n) is 3.42. The van der Waals surface area contributed by atoms with Gasteiger partial charge in [0.25, 0.3) is 0 Å². The second-order valence-corrected chi connectivity index (χ2v) is 8.11. The smallest absolute Gasteiger partial charge is 0.116 e. The molecule has 2 heteroatoms. The third-order valence-electron chi connectivity index (χ3n) is 1.00. The highest BCUT2D eigenvalue weighted by molar-refractivity contribution is 6.73. The van der Waals surface area contributed by atoms with Crippen LogP contribution in [0.15, 0.2) is 12.7 Å². The van der Waals surface area contributed by atoms with Crippen LogP contribution in [0.3, 0.4) is 0 Å². The highest BCUT2D eigenvalue weighted by Gasteiger charge is 2.09. The van der Waals surface area contributed by atoms with Gasteiger partial charge in [0.1, 0.15) is 8.24 Å². The quantitative estimate of drug-likeness (QED) is 0.360. The summed E-state index contributed by atoms with van der Waals surface area (Å²) in [4.78, 5) is 3.49. The lowest BCUT2D eigenvalue weighted by Gasteiger charge is -2.16. The Bertz CT molecular complexity index is 83.4. The van der Waals surface area contributed by atoms with Crippen molar-refractivity contribution in [3.05, 3.63) is 12.7 Å². The lowest BCUT2D eigenvalue weighted by Crippen LogP contribution is -2.41. The van der Waals surface area contributed by atoms with Gasteiger partial charge in [-0.25, -0.2) is 0 Å². The Balaban J connectivity index is 3.17. The lowest BCUT2D eigenvalue weighted by atomic mass is 10.4. The fraction of sp³-hybridized carbons (Fsp3) is 0.714. The Morgan fingerprint density at radius 1 is 1.44 bits per heavy atom. The van der Waals surface area contributed by atoms with Crippen LogP contribution >= 0.6 is 0 Å². The minimum Gasteiger partial charge on any atom is -0.337 e. The molecule has 0 aromatic heterocycles. The van der Waals surface area contributed by atoms with Gasteiger partial charge in [-0.2, -0.15) is 0 Å². The van der Waals surface area contributed by atoms with Crippen LogP contribution < -0.4 is 4.98 Å². The average Bonchev–Trinajstić information content (AvgIpc) is 1.63. The first kappa shape index (κ1) is 8.92. The molecule has 0 saturated carbocycles. The second kappa shape index (κ2) is 3.85. The third-order valence-corrected chi connectivity index (χ3v) is 2.31. The molecule has 9 heavy (non-hydrogen) atoms. The first-order chi connectivity index (χ1) is 4.06. The van der Waals surface area contributed by atoms with Gasteiger partial charge in [-0.1, -0.05) is 25.7 Å². The first-order valence-corrected chi connectivity index (χ1v) is 6.92. The highest BCUT2D eigenvalue weighted by Crippen LogP contribution is 1.93. The zero-order valence-electron chi connectivity index (χ0n) is 6.70. The van der Waals surface area contributed by atoms with Crippen LogP contribution in [-0.2, 0) is 0 Å². The van der Waals surface area contributed by atoms with Gasteiger partial charge >= 0.3 is 0 Å². The van der Waals surface area contributed by atoms with E-state index in [1.54, 1.807) is 0 Å². The molecular weight excluding hydrogens is 126 g/mol. The summed E-state index contributed by atoms with van der Waals surface area (Å²) in [7, 11) is -0.992. The molecule has 1 nitrogen and oxygen atoms in total. The molecule has 1 N–H and O–H groups in total. The van der Waals surface area contributed by atoms with Gasteiger partial charge in [-0.3, -0.25) is 0 Å². The van der Waals surface area contributed by atoms with Crippen molar-refractivity contribution in [2.24, 2.45) is 0 Å². The summed E-state index contributed by atoms with van der Waals surface area (Å²) in [6, 6.07) is 0. The minimum atomic E-state index is -0.992. The van der Waals surface area contributed by atoms with Crippen LogP contribution in [0.2, 0.25) is 19.6 Å². The molecule has 0 radical (unpaired) electrons. The zero-order chi connectivity index (χ0) is 7.33. The van der Waals surface area contributed by atoms with Gasteiger partial charge in [0.05, 0.1) is 0 Å². The van der Waals surface area contributed by atoms with Crippen LogP contribution in [0, 0.1) is 0 Å². The molecule has 0 rings (SSSR count). The van der Waals surface area contributed by atoms with Crippen molar-refractivity contribution >= 4 is 8.24 Å². The van der Waals surface area contributed by atoms with E-state index in [0.717, 1.165) is 13.0 Å². The van der Waals surface area contributed by atoms with Crippen molar-refractivity contribution in [2.75, 3.05) is 6.54 Å². The molecule has 0 fully saturated rings. The number of hydrogen-bond donors (Lipinski definition) is 1. The molecule has 0 unspecified atom stereocenters. The molecule has 0 amide bonds. The van der Waals surface area contributed by atoms with E-state index in [0.29, 0.717) is 0 Å². The number of hydrogen-bond acceptors (Lipinski definition) is 1. The van der Waals surface area contributed by atoms with Gasteiger partial charge in [-0.05, 0) is 13.0 Å². The maximum atomic E-state index is 3.66. The Kier molecular flexibility index (Phi) is 3.82. The molecule has 0 heterocycles. The normalized spacial score (nSPS) is 11.4. The van der Waals surface area contributed by atoms with E-state index < -0.39 is 8.24 Å². The molecule has 0 aliphatic carbocycles. The van der Waals surface area contributed by atoms with Crippen LogP contribution in [0.4, 0.5) is 0 Å². The fourth-order valence-electron chi connectivity index (χ4n) is 0.549. The molecule has 0 saturated heterocycles. The van der Waals surface area contributed by atoms with Crippen molar-refractivity contribution in [1.29, 1.82) is 0 Å². The molecule has 0 bridgehead atoms. The summed E-state index contributed by atoms with van der Waals surface area (Å²) >= 11 is 0. The zero-order valence-corrected chi connectivity index (χ0v) is 7.70. The Hall–Kier alpha value is -0.0831. The van der Waals surface area contributed by atoms with E-state index in [1.165, 1.54) is 0 Å². The largest absolute Gasteiger partial charge is 0.337 e. The van der Waals surface area contributed by atoms with E-state index in [4.69, 9.17) is 0 Å². The molecule has 54 valence electrons. The second-order valence-electron chi connectivity index (χ2n) is 3.25. The molecule has 0 aromatic rings.